The zero-order valence-electron chi connectivity index (χ0n) is 11.9. The van der Waals surface area contributed by atoms with Crippen LogP contribution in [0.4, 0.5) is 4.39 Å². The minimum Gasteiger partial charge on any atom is -0.490 e. The van der Waals surface area contributed by atoms with Gasteiger partial charge in [0.25, 0.3) is 0 Å². The first kappa shape index (κ1) is 16.1. The average Bonchev–Trinajstić information content (AvgIpc) is 2.47. The Bertz CT molecular complexity index is 691. The third kappa shape index (κ3) is 3.89. The molecule has 0 atom stereocenters. The third-order valence-corrected chi connectivity index (χ3v) is 3.28. The lowest BCUT2D eigenvalue weighted by molar-refractivity contribution is 0.0999. The van der Waals surface area contributed by atoms with E-state index in [1.54, 1.807) is 18.2 Å². The van der Waals surface area contributed by atoms with Gasteiger partial charge in [-0.3, -0.25) is 4.79 Å². The molecule has 0 saturated carbocycles. The van der Waals surface area contributed by atoms with E-state index in [1.165, 1.54) is 18.2 Å². The highest BCUT2D eigenvalue weighted by atomic mass is 35.5. The van der Waals surface area contributed by atoms with Gasteiger partial charge < -0.3 is 15.2 Å². The van der Waals surface area contributed by atoms with Crippen molar-refractivity contribution in [1.82, 2.24) is 0 Å². The Hall–Kier alpha value is -2.27. The SMILES string of the molecule is CCOc1cc(C(N)=O)ccc1OCc1ccc(F)cc1Cl. The molecular formula is C16H15ClFNO3. The molecule has 4 nitrogen and oxygen atoms in total. The Morgan fingerprint density at radius 2 is 1.95 bits per heavy atom. The highest BCUT2D eigenvalue weighted by Gasteiger charge is 2.11. The predicted molar refractivity (Wildman–Crippen MR) is 81.9 cm³/mol. The van der Waals surface area contributed by atoms with Gasteiger partial charge >= 0.3 is 0 Å². The zero-order chi connectivity index (χ0) is 16.1. The maximum Gasteiger partial charge on any atom is 0.248 e. The maximum atomic E-state index is 13.0. The summed E-state index contributed by atoms with van der Waals surface area (Å²) in [4.78, 5) is 11.2. The van der Waals surface area contributed by atoms with E-state index in [9.17, 15) is 9.18 Å². The van der Waals surface area contributed by atoms with Crippen molar-refractivity contribution in [2.24, 2.45) is 5.73 Å². The van der Waals surface area contributed by atoms with Gasteiger partial charge in [0.1, 0.15) is 12.4 Å². The van der Waals surface area contributed by atoms with Crippen LogP contribution in [0.1, 0.15) is 22.8 Å². The Morgan fingerprint density at radius 3 is 2.59 bits per heavy atom. The molecular weight excluding hydrogens is 309 g/mol. The standard InChI is InChI=1S/C16H15ClFNO3/c1-2-21-15-7-10(16(19)20)4-6-14(15)22-9-11-3-5-12(18)8-13(11)17/h3-8H,2,9H2,1H3,(H2,19,20). The number of halogens is 2. The van der Waals surface area contributed by atoms with Crippen LogP contribution in [-0.4, -0.2) is 12.5 Å². The third-order valence-electron chi connectivity index (χ3n) is 2.93. The van der Waals surface area contributed by atoms with Crippen LogP contribution in [0.5, 0.6) is 11.5 Å². The Morgan fingerprint density at radius 1 is 1.18 bits per heavy atom. The van der Waals surface area contributed by atoms with Crippen LogP contribution in [0.2, 0.25) is 5.02 Å². The molecule has 0 unspecified atom stereocenters. The van der Waals surface area contributed by atoms with Crippen LogP contribution >= 0.6 is 11.6 Å². The molecule has 0 aliphatic heterocycles. The number of hydrogen-bond acceptors (Lipinski definition) is 3. The number of rotatable bonds is 6. The molecule has 116 valence electrons. The lowest BCUT2D eigenvalue weighted by atomic mass is 10.2. The Labute approximate surface area is 132 Å². The minimum atomic E-state index is -0.547. The lowest BCUT2D eigenvalue weighted by Crippen LogP contribution is -2.11. The fourth-order valence-electron chi connectivity index (χ4n) is 1.84. The van der Waals surface area contributed by atoms with Gasteiger partial charge in [0.15, 0.2) is 11.5 Å². The fraction of sp³-hybridized carbons (Fsp3) is 0.188. The number of carbonyl (C=O) groups excluding carboxylic acids is 1. The van der Waals surface area contributed by atoms with Crippen LogP contribution in [-0.2, 0) is 6.61 Å². The first-order valence-corrected chi connectivity index (χ1v) is 7.02. The summed E-state index contributed by atoms with van der Waals surface area (Å²) in [6.45, 7) is 2.38. The van der Waals surface area contributed by atoms with Crippen molar-refractivity contribution in [3.05, 3.63) is 58.4 Å². The molecule has 0 aromatic heterocycles. The molecule has 0 aliphatic carbocycles. The van der Waals surface area contributed by atoms with E-state index in [0.29, 0.717) is 29.2 Å². The van der Waals surface area contributed by atoms with Gasteiger partial charge in [-0.2, -0.15) is 0 Å². The summed E-state index contributed by atoms with van der Waals surface area (Å²) in [7, 11) is 0. The van der Waals surface area contributed by atoms with Crippen LogP contribution < -0.4 is 15.2 Å². The molecule has 2 rings (SSSR count). The quantitative estimate of drug-likeness (QED) is 0.884. The van der Waals surface area contributed by atoms with Crippen LogP contribution in [0.15, 0.2) is 36.4 Å². The van der Waals surface area contributed by atoms with Crippen LogP contribution in [0, 0.1) is 5.82 Å². The first-order valence-electron chi connectivity index (χ1n) is 6.64. The smallest absolute Gasteiger partial charge is 0.248 e. The van der Waals surface area contributed by atoms with Gasteiger partial charge in [-0.1, -0.05) is 17.7 Å². The second-order valence-corrected chi connectivity index (χ2v) is 4.89. The Balaban J connectivity index is 2.19. The van der Waals surface area contributed by atoms with Crippen molar-refractivity contribution in [1.29, 1.82) is 0 Å². The number of nitrogens with two attached hydrogens (primary N) is 1. The van der Waals surface area contributed by atoms with Gasteiger partial charge in [0.05, 0.1) is 11.6 Å². The normalized spacial score (nSPS) is 10.3. The van der Waals surface area contributed by atoms with E-state index < -0.39 is 11.7 Å². The molecule has 0 saturated heterocycles. The second kappa shape index (κ2) is 7.13. The summed E-state index contributed by atoms with van der Waals surface area (Å²) < 4.78 is 24.1. The number of hydrogen-bond donors (Lipinski definition) is 1. The largest absolute Gasteiger partial charge is 0.490 e. The molecule has 1 amide bonds. The molecule has 2 aromatic rings. The summed E-state index contributed by atoms with van der Waals surface area (Å²) in [6, 6.07) is 8.75. The molecule has 22 heavy (non-hydrogen) atoms. The van der Waals surface area contributed by atoms with Crippen LogP contribution in [0.3, 0.4) is 0 Å². The molecule has 0 fully saturated rings. The van der Waals surface area contributed by atoms with Gasteiger partial charge in [0.2, 0.25) is 5.91 Å². The zero-order valence-corrected chi connectivity index (χ0v) is 12.7. The van der Waals surface area contributed by atoms with E-state index in [2.05, 4.69) is 0 Å². The average molecular weight is 324 g/mol. The van der Waals surface area contributed by atoms with Gasteiger partial charge in [-0.05, 0) is 37.3 Å². The number of benzene rings is 2. The van der Waals surface area contributed by atoms with E-state index in [1.807, 2.05) is 6.92 Å². The summed E-state index contributed by atoms with van der Waals surface area (Å²) >= 11 is 5.95. The van der Waals surface area contributed by atoms with Gasteiger partial charge in [-0.15, -0.1) is 0 Å². The molecule has 0 spiro atoms. The molecule has 0 heterocycles. The Kier molecular flexibility index (Phi) is 5.22. The second-order valence-electron chi connectivity index (χ2n) is 4.48. The highest BCUT2D eigenvalue weighted by molar-refractivity contribution is 6.31. The fourth-order valence-corrected chi connectivity index (χ4v) is 2.06. The highest BCUT2D eigenvalue weighted by Crippen LogP contribution is 2.30. The number of primary amides is 1. The van der Waals surface area contributed by atoms with Crippen molar-refractivity contribution >= 4 is 17.5 Å². The van der Waals surface area contributed by atoms with Crippen molar-refractivity contribution < 1.29 is 18.7 Å². The van der Waals surface area contributed by atoms with Gasteiger partial charge in [0, 0.05) is 11.1 Å². The van der Waals surface area contributed by atoms with Gasteiger partial charge in [-0.25, -0.2) is 4.39 Å². The topological polar surface area (TPSA) is 61.5 Å². The summed E-state index contributed by atoms with van der Waals surface area (Å²) in [6.07, 6.45) is 0. The monoisotopic (exact) mass is 323 g/mol. The van der Waals surface area contributed by atoms with Crippen molar-refractivity contribution in [3.63, 3.8) is 0 Å². The van der Waals surface area contributed by atoms with E-state index in [4.69, 9.17) is 26.8 Å². The molecule has 6 heteroatoms. The van der Waals surface area contributed by atoms with E-state index in [0.717, 1.165) is 0 Å². The summed E-state index contributed by atoms with van der Waals surface area (Å²) in [5, 5.41) is 0.284. The number of amides is 1. The first-order chi connectivity index (χ1) is 10.5. The molecule has 2 aromatic carbocycles. The van der Waals surface area contributed by atoms with Crippen molar-refractivity contribution in [2.75, 3.05) is 6.61 Å². The molecule has 0 bridgehead atoms. The van der Waals surface area contributed by atoms with Crippen LogP contribution in [0.25, 0.3) is 0 Å². The van der Waals surface area contributed by atoms with Crippen molar-refractivity contribution in [3.8, 4) is 11.5 Å². The predicted octanol–water partition coefficient (Wildman–Crippen LogP) is 3.56. The minimum absolute atomic E-state index is 0.148. The molecule has 2 N–H and O–H groups in total. The summed E-state index contributed by atoms with van der Waals surface area (Å²) in [5.74, 6) is -0.0899. The summed E-state index contributed by atoms with van der Waals surface area (Å²) in [5.41, 5.74) is 6.21. The molecule has 0 radical (unpaired) electrons. The van der Waals surface area contributed by atoms with E-state index in [-0.39, 0.29) is 11.6 Å². The van der Waals surface area contributed by atoms with E-state index >= 15 is 0 Å². The molecule has 0 aliphatic rings. The number of ether oxygens (including phenoxy) is 2. The number of carbonyl (C=O) groups is 1. The van der Waals surface area contributed by atoms with Crippen molar-refractivity contribution in [2.45, 2.75) is 13.5 Å². The lowest BCUT2D eigenvalue weighted by Gasteiger charge is -2.13. The maximum absolute atomic E-state index is 13.0.